The molecule has 0 unspecified atom stereocenters. The van der Waals surface area contributed by atoms with Crippen molar-refractivity contribution < 1.29 is 41.1 Å². The fourth-order valence-corrected chi connectivity index (χ4v) is 3.57. The number of fused-ring (bicyclic) bond motifs is 1. The van der Waals surface area contributed by atoms with Gasteiger partial charge in [-0.2, -0.15) is 18.2 Å². The van der Waals surface area contributed by atoms with E-state index in [2.05, 4.69) is 15.6 Å². The molecule has 0 saturated carbocycles. The van der Waals surface area contributed by atoms with Gasteiger partial charge in [0, 0.05) is 18.2 Å². The predicted molar refractivity (Wildman–Crippen MR) is 120 cm³/mol. The second-order valence-corrected chi connectivity index (χ2v) is 7.60. The van der Waals surface area contributed by atoms with Gasteiger partial charge in [-0.05, 0) is 48.0 Å². The average Bonchev–Trinajstić information content (AvgIpc) is 3.20. The highest BCUT2D eigenvalue weighted by atomic mass is 19.4. The van der Waals surface area contributed by atoms with Gasteiger partial charge in [0.25, 0.3) is 5.91 Å². The van der Waals surface area contributed by atoms with Crippen LogP contribution < -0.4 is 10.6 Å². The molecule has 0 saturated heterocycles. The smallest absolute Gasteiger partial charge is 0.405 e. The number of hydrogen-bond acceptors (Lipinski definition) is 5. The van der Waals surface area contributed by atoms with Crippen LogP contribution in [0.15, 0.2) is 52.9 Å². The molecule has 2 aromatic carbocycles. The number of hydrogen-bond donors (Lipinski definition) is 3. The maximum absolute atomic E-state index is 14.0. The maximum Gasteiger partial charge on any atom is 0.405 e. The standard InChI is InChI=1S/C24H16F5N3O4/c1-30-21(33)18-16-9-14(12-4-7-17(26)15(8-12)23(34)35)20(31-10-24(27,28)29)32-22(16)36-19(18)11-2-5-13(25)6-3-11/h2-9H,10H2,1H3,(H,30,33)(H,31,32)(H,34,35). The van der Waals surface area contributed by atoms with Crippen molar-refractivity contribution in [2.75, 3.05) is 18.9 Å². The van der Waals surface area contributed by atoms with Crippen LogP contribution in [-0.2, 0) is 0 Å². The van der Waals surface area contributed by atoms with Crippen molar-refractivity contribution in [3.05, 3.63) is 71.3 Å². The number of carbonyl (C=O) groups excluding carboxylic acids is 1. The molecule has 4 aromatic rings. The number of carboxylic acid groups (broad SMARTS) is 1. The van der Waals surface area contributed by atoms with Gasteiger partial charge in [-0.3, -0.25) is 4.79 Å². The second-order valence-electron chi connectivity index (χ2n) is 7.60. The van der Waals surface area contributed by atoms with Crippen LogP contribution in [0, 0.1) is 11.6 Å². The number of pyridine rings is 1. The van der Waals surface area contributed by atoms with E-state index in [1.165, 1.54) is 31.3 Å². The predicted octanol–water partition coefficient (Wildman–Crippen LogP) is 5.47. The van der Waals surface area contributed by atoms with Crippen molar-refractivity contribution in [1.29, 1.82) is 0 Å². The van der Waals surface area contributed by atoms with Crippen molar-refractivity contribution in [2.45, 2.75) is 6.18 Å². The van der Waals surface area contributed by atoms with Gasteiger partial charge in [0.15, 0.2) is 0 Å². The Kier molecular flexibility index (Phi) is 6.35. The lowest BCUT2D eigenvalue weighted by molar-refractivity contribution is -0.115. The molecule has 0 aliphatic rings. The Balaban J connectivity index is 2.00. The van der Waals surface area contributed by atoms with Crippen LogP contribution in [0.2, 0.25) is 0 Å². The van der Waals surface area contributed by atoms with Gasteiger partial charge in [0.1, 0.15) is 29.8 Å². The number of carboxylic acids is 1. The normalized spacial score (nSPS) is 11.5. The topological polar surface area (TPSA) is 104 Å². The van der Waals surface area contributed by atoms with Gasteiger partial charge in [-0.15, -0.1) is 0 Å². The first-order valence-electron chi connectivity index (χ1n) is 10.3. The van der Waals surface area contributed by atoms with E-state index in [0.717, 1.165) is 24.3 Å². The first-order chi connectivity index (χ1) is 17.0. The molecule has 2 aromatic heterocycles. The first kappa shape index (κ1) is 24.6. The highest BCUT2D eigenvalue weighted by Gasteiger charge is 2.29. The van der Waals surface area contributed by atoms with Crippen molar-refractivity contribution in [2.24, 2.45) is 0 Å². The van der Waals surface area contributed by atoms with Gasteiger partial charge >= 0.3 is 12.1 Å². The van der Waals surface area contributed by atoms with Gasteiger partial charge in [0.05, 0.1) is 16.5 Å². The van der Waals surface area contributed by atoms with Crippen molar-refractivity contribution in [1.82, 2.24) is 10.3 Å². The number of aromatic nitrogens is 1. The molecule has 7 nitrogen and oxygen atoms in total. The minimum absolute atomic E-state index is 0.0129. The van der Waals surface area contributed by atoms with Gasteiger partial charge in [-0.25, -0.2) is 13.6 Å². The number of alkyl halides is 3. The van der Waals surface area contributed by atoms with E-state index in [0.29, 0.717) is 5.56 Å². The molecule has 0 bridgehead atoms. The third-order valence-corrected chi connectivity index (χ3v) is 5.21. The Hall–Kier alpha value is -4.48. The quantitative estimate of drug-likeness (QED) is 0.300. The fourth-order valence-electron chi connectivity index (χ4n) is 3.57. The van der Waals surface area contributed by atoms with E-state index in [1.54, 1.807) is 0 Å². The van der Waals surface area contributed by atoms with Crippen molar-refractivity contribution >= 4 is 28.8 Å². The average molecular weight is 505 g/mol. The number of carbonyl (C=O) groups is 2. The lowest BCUT2D eigenvalue weighted by Gasteiger charge is -2.14. The lowest BCUT2D eigenvalue weighted by Crippen LogP contribution is -2.22. The van der Waals surface area contributed by atoms with Crippen LogP contribution in [0.3, 0.4) is 0 Å². The minimum atomic E-state index is -4.63. The van der Waals surface area contributed by atoms with Crippen LogP contribution in [0.25, 0.3) is 33.6 Å². The Bertz CT molecular complexity index is 1480. The molecule has 0 atom stereocenters. The summed E-state index contributed by atoms with van der Waals surface area (Å²) < 4.78 is 72.0. The Labute approximate surface area is 199 Å². The number of aromatic carboxylic acids is 1. The van der Waals surface area contributed by atoms with Crippen LogP contribution in [0.4, 0.5) is 27.8 Å². The molecule has 0 spiro atoms. The van der Waals surface area contributed by atoms with E-state index in [9.17, 15) is 36.6 Å². The summed E-state index contributed by atoms with van der Waals surface area (Å²) in [6.45, 7) is -1.49. The number of benzene rings is 2. The summed E-state index contributed by atoms with van der Waals surface area (Å²) in [5, 5.41) is 13.9. The first-order valence-corrected chi connectivity index (χ1v) is 10.3. The molecular weight excluding hydrogens is 489 g/mol. The molecule has 186 valence electrons. The molecule has 0 aliphatic carbocycles. The van der Waals surface area contributed by atoms with Gasteiger partial charge in [0.2, 0.25) is 5.71 Å². The zero-order valence-corrected chi connectivity index (χ0v) is 18.3. The number of nitrogens with one attached hydrogen (secondary N) is 2. The number of halogens is 5. The summed E-state index contributed by atoms with van der Waals surface area (Å²) in [6.07, 6.45) is -4.63. The third kappa shape index (κ3) is 4.83. The maximum atomic E-state index is 14.0. The van der Waals surface area contributed by atoms with Crippen molar-refractivity contribution in [3.8, 4) is 22.5 Å². The highest BCUT2D eigenvalue weighted by molar-refractivity contribution is 6.11. The van der Waals surface area contributed by atoms with E-state index < -0.39 is 41.8 Å². The van der Waals surface area contributed by atoms with Crippen LogP contribution in [0.5, 0.6) is 0 Å². The molecule has 1 amide bonds. The number of amides is 1. The van der Waals surface area contributed by atoms with Crippen LogP contribution >= 0.6 is 0 Å². The summed E-state index contributed by atoms with van der Waals surface area (Å²) in [5.41, 5.74) is -0.654. The Morgan fingerprint density at radius 2 is 1.69 bits per heavy atom. The summed E-state index contributed by atoms with van der Waals surface area (Å²) in [5.74, 6) is -4.14. The molecule has 4 rings (SSSR count). The van der Waals surface area contributed by atoms with Crippen LogP contribution in [-0.4, -0.2) is 41.7 Å². The minimum Gasteiger partial charge on any atom is -0.478 e. The largest absolute Gasteiger partial charge is 0.478 e. The Morgan fingerprint density at radius 3 is 2.31 bits per heavy atom. The zero-order chi connectivity index (χ0) is 26.2. The van der Waals surface area contributed by atoms with Crippen molar-refractivity contribution in [3.63, 3.8) is 0 Å². The molecular formula is C24H16F5N3O4. The van der Waals surface area contributed by atoms with Gasteiger partial charge in [-0.1, -0.05) is 6.07 Å². The SMILES string of the molecule is CNC(=O)c1c(-c2ccc(F)cc2)oc2nc(NCC(F)(F)F)c(-c3ccc(F)c(C(=O)O)c3)cc12. The summed E-state index contributed by atoms with van der Waals surface area (Å²) in [7, 11) is 1.35. The van der Waals surface area contributed by atoms with Crippen LogP contribution in [0.1, 0.15) is 20.7 Å². The van der Waals surface area contributed by atoms with E-state index in [1.807, 2.05) is 0 Å². The highest BCUT2D eigenvalue weighted by Crippen LogP contribution is 2.38. The summed E-state index contributed by atoms with van der Waals surface area (Å²) in [6, 6.07) is 9.24. The molecule has 0 fully saturated rings. The van der Waals surface area contributed by atoms with Gasteiger partial charge < -0.3 is 20.2 Å². The number of anilines is 1. The zero-order valence-electron chi connectivity index (χ0n) is 18.3. The third-order valence-electron chi connectivity index (χ3n) is 5.21. The number of nitrogens with zero attached hydrogens (tertiary/aromatic N) is 1. The van der Waals surface area contributed by atoms with E-state index >= 15 is 0 Å². The molecule has 36 heavy (non-hydrogen) atoms. The molecule has 0 radical (unpaired) electrons. The molecule has 0 aliphatic heterocycles. The Morgan fingerprint density at radius 1 is 1.03 bits per heavy atom. The van der Waals surface area contributed by atoms with E-state index in [4.69, 9.17) is 4.42 Å². The molecule has 3 N–H and O–H groups in total. The monoisotopic (exact) mass is 505 g/mol. The lowest BCUT2D eigenvalue weighted by atomic mass is 10.00. The fraction of sp³-hybridized carbons (Fsp3) is 0.125. The summed E-state index contributed by atoms with van der Waals surface area (Å²) in [4.78, 5) is 28.3. The number of furan rings is 1. The molecule has 2 heterocycles. The molecule has 12 heteroatoms. The summed E-state index contributed by atoms with van der Waals surface area (Å²) >= 11 is 0. The second kappa shape index (κ2) is 9.29. The van der Waals surface area contributed by atoms with E-state index in [-0.39, 0.29) is 39.4 Å². The number of rotatable bonds is 6.